The number of hydrogen-bond donors (Lipinski definition) is 0. The van der Waals surface area contributed by atoms with Gasteiger partial charge in [-0.2, -0.15) is 8.42 Å². The molecule has 0 N–H and O–H groups in total. The lowest BCUT2D eigenvalue weighted by Crippen LogP contribution is -1.85. The van der Waals surface area contributed by atoms with E-state index in [1.807, 2.05) is 0 Å². The Bertz CT molecular complexity index is 149. The van der Waals surface area contributed by atoms with Crippen molar-refractivity contribution < 1.29 is 8.42 Å². The van der Waals surface area contributed by atoms with E-state index in [1.165, 1.54) is 0 Å². The summed E-state index contributed by atoms with van der Waals surface area (Å²) in [6, 6.07) is 0. The predicted octanol–water partition coefficient (Wildman–Crippen LogP) is 0.471. The van der Waals surface area contributed by atoms with Crippen molar-refractivity contribution >= 4 is 38.9 Å². The van der Waals surface area contributed by atoms with Crippen molar-refractivity contribution in [2.75, 3.05) is 0 Å². The molecular formula is C2H2Cl2O2S. The molecule has 0 rings (SSSR count). The van der Waals surface area contributed by atoms with Crippen LogP contribution in [-0.2, 0) is 10.3 Å². The van der Waals surface area contributed by atoms with E-state index in [2.05, 4.69) is 0 Å². The predicted molar refractivity (Wildman–Crippen MR) is 30.5 cm³/mol. The van der Waals surface area contributed by atoms with Crippen LogP contribution in [-0.4, -0.2) is 18.6 Å². The minimum Gasteiger partial charge on any atom is -0.185 e. The van der Waals surface area contributed by atoms with Gasteiger partial charge in [-0.25, -0.2) is 0 Å². The van der Waals surface area contributed by atoms with Crippen LogP contribution >= 0.6 is 23.2 Å². The van der Waals surface area contributed by atoms with Crippen LogP contribution in [0.1, 0.15) is 0 Å². The van der Waals surface area contributed by atoms with Crippen LogP contribution in [0.2, 0.25) is 0 Å². The molecule has 42 valence electrons. The molecule has 0 fully saturated rings. The van der Waals surface area contributed by atoms with Crippen molar-refractivity contribution in [2.45, 2.75) is 4.84 Å². The van der Waals surface area contributed by atoms with Gasteiger partial charge in [-0.05, 0) is 0 Å². The van der Waals surface area contributed by atoms with Gasteiger partial charge < -0.3 is 0 Å². The summed E-state index contributed by atoms with van der Waals surface area (Å²) >= 11 is 9.98. The minimum absolute atomic E-state index is 0.781. The Morgan fingerprint density at radius 2 is 1.86 bits per heavy atom. The van der Waals surface area contributed by atoms with Crippen molar-refractivity contribution in [3.05, 3.63) is 0 Å². The molecule has 0 unspecified atom stereocenters. The molecular weight excluding hydrogens is 159 g/mol. The Morgan fingerprint density at radius 1 is 1.43 bits per heavy atom. The molecule has 0 bridgehead atoms. The Labute approximate surface area is 52.6 Å². The first kappa shape index (κ1) is 7.27. The standard InChI is InChI=1S/C2H2Cl2O2S/c3-2(4)1-7(5)6/h1-2H. The van der Waals surface area contributed by atoms with Crippen molar-refractivity contribution in [3.8, 4) is 0 Å². The van der Waals surface area contributed by atoms with E-state index < -0.39 is 15.1 Å². The van der Waals surface area contributed by atoms with Crippen LogP contribution in [0, 0.1) is 0 Å². The Balaban J connectivity index is 3.96. The molecule has 7 heavy (non-hydrogen) atoms. The van der Waals surface area contributed by atoms with Crippen LogP contribution in [0.5, 0.6) is 0 Å². The van der Waals surface area contributed by atoms with Crippen LogP contribution in [0.3, 0.4) is 0 Å². The molecule has 0 aromatic carbocycles. The summed E-state index contributed by atoms with van der Waals surface area (Å²) in [5, 5.41) is 0.781. The third kappa shape index (κ3) is 6.27. The Hall–Kier alpha value is 0.270. The molecule has 0 aliphatic heterocycles. The van der Waals surface area contributed by atoms with Crippen LogP contribution < -0.4 is 0 Å². The normalized spacial score (nSPS) is 9.00. The van der Waals surface area contributed by atoms with Crippen molar-refractivity contribution in [1.29, 1.82) is 0 Å². The quantitative estimate of drug-likeness (QED) is 0.413. The van der Waals surface area contributed by atoms with Gasteiger partial charge in [0.25, 0.3) is 0 Å². The molecule has 0 spiro atoms. The molecule has 0 aliphatic rings. The van der Waals surface area contributed by atoms with Crippen molar-refractivity contribution in [3.63, 3.8) is 0 Å². The molecule has 0 aromatic rings. The largest absolute Gasteiger partial charge is 0.212 e. The fourth-order valence-corrected chi connectivity index (χ4v) is 0.756. The second-order valence-corrected chi connectivity index (χ2v) is 2.69. The maximum Gasteiger partial charge on any atom is 0.212 e. The zero-order valence-corrected chi connectivity index (χ0v) is 5.46. The number of halogens is 2. The summed E-state index contributed by atoms with van der Waals surface area (Å²) in [6.07, 6.45) is 0. The lowest BCUT2D eigenvalue weighted by Gasteiger charge is -1.76. The molecule has 0 aliphatic carbocycles. The zero-order chi connectivity index (χ0) is 5.86. The highest BCUT2D eigenvalue weighted by molar-refractivity contribution is 7.71. The monoisotopic (exact) mass is 160 g/mol. The van der Waals surface area contributed by atoms with Crippen LogP contribution in [0.15, 0.2) is 0 Å². The van der Waals surface area contributed by atoms with Gasteiger partial charge in [0.1, 0.15) is 4.84 Å². The van der Waals surface area contributed by atoms with Crippen LogP contribution in [0.4, 0.5) is 0 Å². The van der Waals surface area contributed by atoms with Gasteiger partial charge in [0.05, 0.1) is 5.37 Å². The van der Waals surface area contributed by atoms with E-state index in [-0.39, 0.29) is 0 Å². The fourth-order valence-electron chi connectivity index (χ4n) is 0.0840. The maximum absolute atomic E-state index is 9.59. The number of alkyl halides is 2. The lowest BCUT2D eigenvalue weighted by molar-refractivity contribution is 0.627. The third-order valence-corrected chi connectivity index (χ3v) is 1.26. The van der Waals surface area contributed by atoms with E-state index >= 15 is 0 Å². The first-order chi connectivity index (χ1) is 3.13. The minimum atomic E-state index is -2.23. The summed E-state index contributed by atoms with van der Waals surface area (Å²) in [5.41, 5.74) is 0. The topological polar surface area (TPSA) is 34.1 Å². The Morgan fingerprint density at radius 3 is 1.86 bits per heavy atom. The number of hydrogen-bond acceptors (Lipinski definition) is 2. The molecule has 0 radical (unpaired) electrons. The highest BCUT2D eigenvalue weighted by atomic mass is 35.5. The van der Waals surface area contributed by atoms with E-state index in [1.54, 1.807) is 0 Å². The van der Waals surface area contributed by atoms with Gasteiger partial charge in [-0.15, -0.1) is 0 Å². The van der Waals surface area contributed by atoms with Gasteiger partial charge in [0.2, 0.25) is 10.3 Å². The molecule has 0 aromatic heterocycles. The smallest absolute Gasteiger partial charge is 0.185 e. The Kier molecular flexibility index (Phi) is 3.42. The van der Waals surface area contributed by atoms with Crippen molar-refractivity contribution in [2.24, 2.45) is 0 Å². The fraction of sp³-hybridized carbons (Fsp3) is 0.500. The first-order valence-corrected chi connectivity index (χ1v) is 3.35. The summed E-state index contributed by atoms with van der Waals surface area (Å²) in [5.74, 6) is 0. The second-order valence-electron chi connectivity index (χ2n) is 0.731. The average molecular weight is 161 g/mol. The molecule has 5 heteroatoms. The SMILES string of the molecule is O=S(=O)=CC(Cl)Cl. The maximum atomic E-state index is 9.59. The van der Waals surface area contributed by atoms with E-state index in [0.29, 0.717) is 0 Å². The van der Waals surface area contributed by atoms with E-state index in [0.717, 1.165) is 5.37 Å². The molecule has 0 saturated carbocycles. The summed E-state index contributed by atoms with van der Waals surface area (Å²) in [4.78, 5) is -0.918. The van der Waals surface area contributed by atoms with Crippen molar-refractivity contribution in [1.82, 2.24) is 0 Å². The molecule has 0 heterocycles. The molecule has 0 amide bonds. The van der Waals surface area contributed by atoms with E-state index in [9.17, 15) is 8.42 Å². The molecule has 2 nitrogen and oxygen atoms in total. The van der Waals surface area contributed by atoms with Gasteiger partial charge in [0.15, 0.2) is 0 Å². The highest BCUT2D eigenvalue weighted by Crippen LogP contribution is 1.94. The summed E-state index contributed by atoms with van der Waals surface area (Å²) in [7, 11) is -2.23. The van der Waals surface area contributed by atoms with Gasteiger partial charge in [-0.3, -0.25) is 0 Å². The molecule has 0 saturated heterocycles. The lowest BCUT2D eigenvalue weighted by atomic mass is 11.0. The second kappa shape index (κ2) is 3.29. The zero-order valence-electron chi connectivity index (χ0n) is 3.14. The van der Waals surface area contributed by atoms with Crippen LogP contribution in [0.25, 0.3) is 0 Å². The van der Waals surface area contributed by atoms with Gasteiger partial charge >= 0.3 is 0 Å². The first-order valence-electron chi connectivity index (χ1n) is 1.34. The summed E-state index contributed by atoms with van der Waals surface area (Å²) < 4.78 is 19.2. The highest BCUT2D eigenvalue weighted by Gasteiger charge is 1.88. The summed E-state index contributed by atoms with van der Waals surface area (Å²) in [6.45, 7) is 0. The molecule has 0 atom stereocenters. The third-order valence-electron chi connectivity index (χ3n) is 0.214. The van der Waals surface area contributed by atoms with E-state index in [4.69, 9.17) is 23.2 Å². The van der Waals surface area contributed by atoms with Gasteiger partial charge in [-0.1, -0.05) is 23.2 Å². The average Bonchev–Trinajstić information content (AvgIpc) is 1.27. The van der Waals surface area contributed by atoms with Gasteiger partial charge in [0, 0.05) is 0 Å². The number of rotatable bonds is 1.